The van der Waals surface area contributed by atoms with Crippen molar-refractivity contribution in [2.75, 3.05) is 10.6 Å². The van der Waals surface area contributed by atoms with Gasteiger partial charge in [-0.3, -0.25) is 9.59 Å². The van der Waals surface area contributed by atoms with Gasteiger partial charge >= 0.3 is 0 Å². The largest absolute Gasteiger partial charge is 0.354 e. The first-order valence-corrected chi connectivity index (χ1v) is 11.6. The molecule has 0 unspecified atom stereocenters. The van der Waals surface area contributed by atoms with Crippen LogP contribution >= 0.6 is 11.8 Å². The number of nitrogens with one attached hydrogen (secondary N) is 3. The smallest absolute Gasteiger partial charge is 0.275 e. The molecular weight excluding hydrogens is 420 g/mol. The van der Waals surface area contributed by atoms with Gasteiger partial charge < -0.3 is 10.6 Å². The van der Waals surface area contributed by atoms with Crippen molar-refractivity contribution in [3.63, 3.8) is 0 Å². The Bertz CT molecular complexity index is 1220. The standard InChI is InChI=1S/C25H24N4O2S/c1-3-15-12-17(10-11-19(15)27-24(30)16-8-9-16)32-22-13-21(23-14(2)28-29-25(23)31)26-20-7-5-4-6-18(20)22/h4-7,10-13,16,26H,3,8-9H2,1-2H3,(H,27,30)(H,29,31). The number of hydrogen-bond donors (Lipinski definition) is 3. The molecule has 1 saturated carbocycles. The fourth-order valence-electron chi connectivity index (χ4n) is 3.90. The lowest BCUT2D eigenvalue weighted by atomic mass is 10.0. The van der Waals surface area contributed by atoms with Gasteiger partial charge in [0, 0.05) is 32.7 Å². The Morgan fingerprint density at radius 2 is 2.03 bits per heavy atom. The molecule has 0 bridgehead atoms. The van der Waals surface area contributed by atoms with Gasteiger partial charge in [0.1, 0.15) is 0 Å². The number of thioether (sulfide) groups is 1. The summed E-state index contributed by atoms with van der Waals surface area (Å²) < 4.78 is 0. The zero-order valence-corrected chi connectivity index (χ0v) is 18.8. The number of benzene rings is 2. The lowest BCUT2D eigenvalue weighted by Gasteiger charge is -2.22. The second-order valence-corrected chi connectivity index (χ2v) is 9.26. The molecule has 3 N–H and O–H groups in total. The molecule has 0 atom stereocenters. The molecule has 2 aliphatic heterocycles. The van der Waals surface area contributed by atoms with Gasteiger partial charge in [-0.15, -0.1) is 0 Å². The molecule has 7 heteroatoms. The van der Waals surface area contributed by atoms with E-state index in [4.69, 9.17) is 0 Å². The van der Waals surface area contributed by atoms with E-state index in [9.17, 15) is 9.59 Å². The number of para-hydroxylation sites is 1. The summed E-state index contributed by atoms with van der Waals surface area (Å²) in [5, 5.41) is 10.5. The van der Waals surface area contributed by atoms with Crippen molar-refractivity contribution >= 4 is 45.6 Å². The molecule has 0 aromatic heterocycles. The van der Waals surface area contributed by atoms with Crippen molar-refractivity contribution in [2.45, 2.75) is 38.0 Å². The molecule has 2 amide bonds. The summed E-state index contributed by atoms with van der Waals surface area (Å²) in [7, 11) is 0. The topological polar surface area (TPSA) is 82.6 Å². The van der Waals surface area contributed by atoms with Crippen LogP contribution in [0.2, 0.25) is 0 Å². The first-order valence-electron chi connectivity index (χ1n) is 10.8. The number of hydrazone groups is 1. The number of carbonyl (C=O) groups excluding carboxylic acids is 2. The highest BCUT2D eigenvalue weighted by atomic mass is 32.2. The van der Waals surface area contributed by atoms with E-state index >= 15 is 0 Å². The molecule has 32 heavy (non-hydrogen) atoms. The fourth-order valence-corrected chi connectivity index (χ4v) is 4.96. The number of fused-ring (bicyclic) bond motifs is 1. The van der Waals surface area contributed by atoms with E-state index in [1.165, 1.54) is 0 Å². The Hall–Kier alpha value is -3.32. The maximum Gasteiger partial charge on any atom is 0.275 e. The Kier molecular flexibility index (Phi) is 5.35. The lowest BCUT2D eigenvalue weighted by Crippen LogP contribution is -2.18. The van der Waals surface area contributed by atoms with E-state index in [-0.39, 0.29) is 17.7 Å². The first kappa shape index (κ1) is 20.6. The molecular formula is C25H24N4O2S. The minimum Gasteiger partial charge on any atom is -0.354 e. The van der Waals surface area contributed by atoms with Gasteiger partial charge in [-0.25, -0.2) is 5.43 Å². The predicted molar refractivity (Wildman–Crippen MR) is 129 cm³/mol. The molecule has 1 aliphatic carbocycles. The molecule has 2 aromatic rings. The Balaban J connectivity index is 1.49. The van der Waals surface area contributed by atoms with Crippen molar-refractivity contribution in [2.24, 2.45) is 11.0 Å². The molecule has 2 aromatic carbocycles. The highest BCUT2D eigenvalue weighted by Crippen LogP contribution is 2.43. The quantitative estimate of drug-likeness (QED) is 0.572. The Morgan fingerprint density at radius 1 is 1.22 bits per heavy atom. The van der Waals surface area contributed by atoms with Gasteiger partial charge in [0.25, 0.3) is 5.91 Å². The van der Waals surface area contributed by atoms with E-state index in [1.54, 1.807) is 11.8 Å². The van der Waals surface area contributed by atoms with E-state index in [0.29, 0.717) is 11.3 Å². The van der Waals surface area contributed by atoms with Crippen molar-refractivity contribution in [3.8, 4) is 0 Å². The van der Waals surface area contributed by atoms with Crippen LogP contribution in [0, 0.1) is 5.92 Å². The van der Waals surface area contributed by atoms with Gasteiger partial charge in [0.15, 0.2) is 0 Å². The van der Waals surface area contributed by atoms with Crippen molar-refractivity contribution < 1.29 is 9.59 Å². The number of carbonyl (C=O) groups is 2. The summed E-state index contributed by atoms with van der Waals surface area (Å²) in [5.74, 6) is 0.101. The van der Waals surface area contributed by atoms with E-state index in [0.717, 1.165) is 57.3 Å². The van der Waals surface area contributed by atoms with E-state index in [2.05, 4.69) is 40.2 Å². The van der Waals surface area contributed by atoms with Crippen LogP contribution in [0.1, 0.15) is 37.8 Å². The van der Waals surface area contributed by atoms with E-state index < -0.39 is 0 Å². The second-order valence-electron chi connectivity index (χ2n) is 8.14. The van der Waals surface area contributed by atoms with Crippen molar-refractivity contribution in [1.29, 1.82) is 0 Å². The van der Waals surface area contributed by atoms with Crippen molar-refractivity contribution in [1.82, 2.24) is 5.43 Å². The summed E-state index contributed by atoms with van der Waals surface area (Å²) in [6.45, 7) is 3.92. The average Bonchev–Trinajstić information content (AvgIpc) is 3.59. The van der Waals surface area contributed by atoms with Crippen LogP contribution < -0.4 is 16.1 Å². The van der Waals surface area contributed by atoms with E-state index in [1.807, 2.05) is 43.3 Å². The zero-order valence-electron chi connectivity index (χ0n) is 18.0. The molecule has 0 saturated heterocycles. The third-order valence-electron chi connectivity index (χ3n) is 5.81. The number of aryl methyl sites for hydroxylation is 1. The third kappa shape index (κ3) is 3.96. The van der Waals surface area contributed by atoms with Crippen LogP contribution in [0.5, 0.6) is 0 Å². The highest BCUT2D eigenvalue weighted by molar-refractivity contribution is 8.08. The number of rotatable bonds is 5. The van der Waals surface area contributed by atoms with Gasteiger partial charge in [-0.1, -0.05) is 36.9 Å². The van der Waals surface area contributed by atoms with Crippen LogP contribution in [0.25, 0.3) is 4.91 Å². The van der Waals surface area contributed by atoms with Gasteiger partial charge in [0.2, 0.25) is 5.91 Å². The third-order valence-corrected chi connectivity index (χ3v) is 6.86. The lowest BCUT2D eigenvalue weighted by molar-refractivity contribution is -0.117. The fraction of sp³-hybridized carbons (Fsp3) is 0.240. The highest BCUT2D eigenvalue weighted by Gasteiger charge is 2.30. The summed E-state index contributed by atoms with van der Waals surface area (Å²) in [6, 6.07) is 14.2. The monoisotopic (exact) mass is 444 g/mol. The normalized spacial score (nSPS) is 19.5. The second kappa shape index (κ2) is 8.31. The summed E-state index contributed by atoms with van der Waals surface area (Å²) >= 11 is 1.65. The van der Waals surface area contributed by atoms with Gasteiger partial charge in [-0.2, -0.15) is 5.10 Å². The molecule has 3 aliphatic rings. The number of amides is 2. The van der Waals surface area contributed by atoms with Crippen LogP contribution in [-0.4, -0.2) is 17.5 Å². The maximum absolute atomic E-state index is 12.3. The zero-order chi connectivity index (χ0) is 22.2. The summed E-state index contributed by atoms with van der Waals surface area (Å²) in [5.41, 5.74) is 8.55. The molecule has 6 nitrogen and oxygen atoms in total. The molecule has 1 fully saturated rings. The van der Waals surface area contributed by atoms with Crippen molar-refractivity contribution in [3.05, 3.63) is 70.9 Å². The number of allylic oxidation sites excluding steroid dienone is 1. The molecule has 2 heterocycles. The van der Waals surface area contributed by atoms with Gasteiger partial charge in [0.05, 0.1) is 17.0 Å². The van der Waals surface area contributed by atoms with Gasteiger partial charge in [-0.05, 0) is 62.1 Å². The Labute approximate surface area is 191 Å². The first-order chi connectivity index (χ1) is 15.5. The number of nitrogens with zero attached hydrogens (tertiary/aromatic N) is 1. The predicted octanol–water partition coefficient (Wildman–Crippen LogP) is 4.92. The molecule has 5 rings (SSSR count). The van der Waals surface area contributed by atoms with Crippen LogP contribution in [0.15, 0.2) is 69.8 Å². The van der Waals surface area contributed by atoms with Crippen LogP contribution in [0.3, 0.4) is 0 Å². The molecule has 162 valence electrons. The Morgan fingerprint density at radius 3 is 2.75 bits per heavy atom. The van der Waals surface area contributed by atoms with Crippen LogP contribution in [-0.2, 0) is 16.0 Å². The summed E-state index contributed by atoms with van der Waals surface area (Å²) in [6.07, 6.45) is 4.82. The molecule has 0 radical (unpaired) electrons. The number of anilines is 2. The SMILES string of the molecule is CCc1cc(SC2=CC(=C3C(=O)NN=C3C)Nc3ccccc32)ccc1NC(=O)C1CC1. The maximum atomic E-state index is 12.3. The number of hydrogen-bond acceptors (Lipinski definition) is 5. The van der Waals surface area contributed by atoms with Crippen LogP contribution in [0.4, 0.5) is 11.4 Å². The summed E-state index contributed by atoms with van der Waals surface area (Å²) in [4.78, 5) is 26.7. The minimum atomic E-state index is -0.200. The molecule has 0 spiro atoms. The minimum absolute atomic E-state index is 0.123. The average molecular weight is 445 g/mol.